The largest absolute Gasteiger partial charge is 0.494 e. The Balaban J connectivity index is 2.96. The molecule has 0 saturated heterocycles. The van der Waals surface area contributed by atoms with Crippen LogP contribution in [0.1, 0.15) is 6.92 Å². The van der Waals surface area contributed by atoms with E-state index in [9.17, 15) is 13.2 Å². The average Bonchev–Trinajstić information content (AvgIpc) is 2.28. The summed E-state index contributed by atoms with van der Waals surface area (Å²) in [6, 6.07) is 5.77. The topological polar surface area (TPSA) is 80.7 Å². The van der Waals surface area contributed by atoms with E-state index in [0.717, 1.165) is 0 Å². The second-order valence-corrected chi connectivity index (χ2v) is 4.92. The van der Waals surface area contributed by atoms with E-state index in [2.05, 4.69) is 0 Å². The Bertz CT molecular complexity index is 513. The molecule has 0 saturated carbocycles. The molecule has 6 heteroatoms. The van der Waals surface area contributed by atoms with Crippen LogP contribution in [0.5, 0.6) is 5.75 Å². The molecule has 0 aliphatic rings. The van der Waals surface area contributed by atoms with Gasteiger partial charge >= 0.3 is 5.97 Å². The lowest BCUT2D eigenvalue weighted by atomic mass is 10.3. The first kappa shape index (κ1) is 13.2. The molecule has 0 amide bonds. The molecular weight excluding hydrogens is 244 g/mol. The van der Waals surface area contributed by atoms with Gasteiger partial charge in [0.25, 0.3) is 0 Å². The summed E-state index contributed by atoms with van der Waals surface area (Å²) in [5.41, 5.74) is 0. The van der Waals surface area contributed by atoms with Crippen LogP contribution in [0.4, 0.5) is 0 Å². The van der Waals surface area contributed by atoms with Crippen molar-refractivity contribution in [3.63, 3.8) is 0 Å². The number of ether oxygens (including phenoxy) is 1. The minimum atomic E-state index is -3.70. The molecule has 1 aromatic rings. The zero-order valence-corrected chi connectivity index (χ0v) is 9.98. The molecule has 1 N–H and O–H groups in total. The van der Waals surface area contributed by atoms with Crippen LogP contribution in [0.2, 0.25) is 0 Å². The predicted molar refractivity (Wildman–Crippen MR) is 61.6 cm³/mol. The molecule has 0 bridgehead atoms. The van der Waals surface area contributed by atoms with E-state index in [1.807, 2.05) is 6.92 Å². The monoisotopic (exact) mass is 256 g/mol. The highest BCUT2D eigenvalue weighted by atomic mass is 32.2. The second-order valence-electron chi connectivity index (χ2n) is 3.09. The fourth-order valence-corrected chi connectivity index (χ4v) is 2.09. The van der Waals surface area contributed by atoms with Crippen molar-refractivity contribution in [2.45, 2.75) is 11.8 Å². The minimum Gasteiger partial charge on any atom is -0.494 e. The summed E-state index contributed by atoms with van der Waals surface area (Å²) in [4.78, 5) is 10.3. The number of carbonyl (C=O) groups is 1. The Hall–Kier alpha value is -1.82. The zero-order valence-electron chi connectivity index (χ0n) is 9.16. The molecule has 0 spiro atoms. The number of aliphatic carboxylic acids is 1. The number of rotatable bonds is 5. The highest BCUT2D eigenvalue weighted by molar-refractivity contribution is 7.94. The summed E-state index contributed by atoms with van der Waals surface area (Å²) < 4.78 is 28.4. The van der Waals surface area contributed by atoms with Crippen molar-refractivity contribution < 1.29 is 23.1 Å². The van der Waals surface area contributed by atoms with E-state index in [1.165, 1.54) is 24.3 Å². The van der Waals surface area contributed by atoms with E-state index in [-0.39, 0.29) is 4.90 Å². The van der Waals surface area contributed by atoms with Crippen molar-refractivity contribution in [2.75, 3.05) is 6.61 Å². The molecule has 1 aromatic carbocycles. The van der Waals surface area contributed by atoms with Crippen LogP contribution in [0.3, 0.4) is 0 Å². The van der Waals surface area contributed by atoms with Gasteiger partial charge in [0, 0.05) is 11.5 Å². The normalized spacial score (nSPS) is 11.6. The van der Waals surface area contributed by atoms with Gasteiger partial charge in [-0.15, -0.1) is 0 Å². The number of benzene rings is 1. The Morgan fingerprint density at radius 2 is 1.94 bits per heavy atom. The fourth-order valence-electron chi connectivity index (χ4n) is 1.12. The number of carboxylic acid groups (broad SMARTS) is 1. The summed E-state index contributed by atoms with van der Waals surface area (Å²) in [7, 11) is -3.70. The number of carboxylic acids is 1. The van der Waals surface area contributed by atoms with Crippen LogP contribution in [0.15, 0.2) is 40.6 Å². The lowest BCUT2D eigenvalue weighted by Gasteiger charge is -2.03. The lowest BCUT2D eigenvalue weighted by Crippen LogP contribution is -1.99. The molecule has 5 nitrogen and oxygen atoms in total. The number of hydrogen-bond acceptors (Lipinski definition) is 4. The molecule has 0 aliphatic carbocycles. The molecule has 0 fully saturated rings. The average molecular weight is 256 g/mol. The third-order valence-corrected chi connectivity index (χ3v) is 3.28. The number of hydrogen-bond donors (Lipinski definition) is 1. The maximum absolute atomic E-state index is 11.6. The van der Waals surface area contributed by atoms with Gasteiger partial charge in [-0.1, -0.05) is 0 Å². The van der Waals surface area contributed by atoms with E-state index in [0.29, 0.717) is 23.8 Å². The summed E-state index contributed by atoms with van der Waals surface area (Å²) in [6.45, 7) is 2.31. The van der Waals surface area contributed by atoms with Gasteiger partial charge in [0.05, 0.1) is 11.5 Å². The van der Waals surface area contributed by atoms with Crippen molar-refractivity contribution in [1.82, 2.24) is 0 Å². The van der Waals surface area contributed by atoms with Crippen molar-refractivity contribution in [3.8, 4) is 5.75 Å². The van der Waals surface area contributed by atoms with Gasteiger partial charge in [0.2, 0.25) is 0 Å². The van der Waals surface area contributed by atoms with Crippen LogP contribution >= 0.6 is 0 Å². The first-order valence-corrected chi connectivity index (χ1v) is 6.39. The summed E-state index contributed by atoms with van der Waals surface area (Å²) in [5, 5.41) is 9.02. The third kappa shape index (κ3) is 3.92. The minimum absolute atomic E-state index is 0.0263. The van der Waals surface area contributed by atoms with Gasteiger partial charge in [-0.05, 0) is 31.2 Å². The van der Waals surface area contributed by atoms with E-state index in [1.54, 1.807) is 0 Å². The molecule has 0 heterocycles. The Morgan fingerprint density at radius 1 is 1.35 bits per heavy atom. The maximum Gasteiger partial charge on any atom is 0.329 e. The highest BCUT2D eigenvalue weighted by Crippen LogP contribution is 2.17. The van der Waals surface area contributed by atoms with Gasteiger partial charge in [0.1, 0.15) is 5.75 Å². The molecule has 0 unspecified atom stereocenters. The maximum atomic E-state index is 11.6. The quantitative estimate of drug-likeness (QED) is 0.806. The Labute approximate surface area is 99.3 Å². The zero-order chi connectivity index (χ0) is 12.9. The second kappa shape index (κ2) is 5.49. The molecule has 0 radical (unpaired) electrons. The van der Waals surface area contributed by atoms with Gasteiger partial charge in [0.15, 0.2) is 9.84 Å². The molecule has 92 valence electrons. The van der Waals surface area contributed by atoms with Crippen LogP contribution in [0, 0.1) is 0 Å². The SMILES string of the molecule is CCOc1ccc(S(=O)(=O)/C=C/C(=O)O)cc1. The summed E-state index contributed by atoms with van der Waals surface area (Å²) in [6.07, 6.45) is 0.589. The first-order valence-electron chi connectivity index (χ1n) is 4.84. The van der Waals surface area contributed by atoms with Crippen LogP contribution in [-0.2, 0) is 14.6 Å². The molecule has 0 aromatic heterocycles. The standard InChI is InChI=1S/C11H12O5S/c1-2-16-9-3-5-10(6-4-9)17(14,15)8-7-11(12)13/h3-8H,2H2,1H3,(H,12,13)/b8-7+. The van der Waals surface area contributed by atoms with Gasteiger partial charge in [-0.2, -0.15) is 0 Å². The van der Waals surface area contributed by atoms with Crippen LogP contribution in [-0.4, -0.2) is 26.1 Å². The number of sulfone groups is 1. The van der Waals surface area contributed by atoms with Gasteiger partial charge < -0.3 is 9.84 Å². The Kier molecular flexibility index (Phi) is 4.28. The molecule has 17 heavy (non-hydrogen) atoms. The van der Waals surface area contributed by atoms with Crippen LogP contribution in [0.25, 0.3) is 0 Å². The first-order chi connectivity index (χ1) is 7.95. The van der Waals surface area contributed by atoms with Crippen molar-refractivity contribution in [2.24, 2.45) is 0 Å². The van der Waals surface area contributed by atoms with Gasteiger partial charge in [-0.25, -0.2) is 13.2 Å². The van der Waals surface area contributed by atoms with E-state index < -0.39 is 15.8 Å². The van der Waals surface area contributed by atoms with Crippen molar-refractivity contribution in [1.29, 1.82) is 0 Å². The van der Waals surface area contributed by atoms with Crippen LogP contribution < -0.4 is 4.74 Å². The van der Waals surface area contributed by atoms with Crippen molar-refractivity contribution in [3.05, 3.63) is 35.7 Å². The molecule has 0 aliphatic heterocycles. The summed E-state index contributed by atoms with van der Waals surface area (Å²) >= 11 is 0. The summed E-state index contributed by atoms with van der Waals surface area (Å²) in [5.74, 6) is -0.742. The Morgan fingerprint density at radius 3 is 2.41 bits per heavy atom. The van der Waals surface area contributed by atoms with Crippen molar-refractivity contribution >= 4 is 15.8 Å². The predicted octanol–water partition coefficient (Wildman–Crippen LogP) is 1.46. The molecule has 1 rings (SSSR count). The molecule has 0 atom stereocenters. The van der Waals surface area contributed by atoms with Gasteiger partial charge in [-0.3, -0.25) is 0 Å². The van der Waals surface area contributed by atoms with E-state index in [4.69, 9.17) is 9.84 Å². The molecular formula is C11H12O5S. The van der Waals surface area contributed by atoms with E-state index >= 15 is 0 Å². The smallest absolute Gasteiger partial charge is 0.329 e. The fraction of sp³-hybridized carbons (Fsp3) is 0.182. The third-order valence-electron chi connectivity index (χ3n) is 1.85. The lowest BCUT2D eigenvalue weighted by molar-refractivity contribution is -0.131. The highest BCUT2D eigenvalue weighted by Gasteiger charge is 2.10.